The summed E-state index contributed by atoms with van der Waals surface area (Å²) in [7, 11) is -3.61. The molecule has 0 radical (unpaired) electrons. The number of nitrogens with zero attached hydrogens (tertiary/aromatic N) is 3. The summed E-state index contributed by atoms with van der Waals surface area (Å²) in [5.41, 5.74) is -3.04. The van der Waals surface area contributed by atoms with Crippen LogP contribution in [0.2, 0.25) is 0 Å². The van der Waals surface area contributed by atoms with Crippen LogP contribution in [0.4, 0.5) is 23.2 Å². The van der Waals surface area contributed by atoms with Crippen molar-refractivity contribution in [2.45, 2.75) is 50.4 Å². The van der Waals surface area contributed by atoms with Crippen molar-refractivity contribution in [3.63, 3.8) is 0 Å². The van der Waals surface area contributed by atoms with E-state index in [1.165, 1.54) is 30.3 Å². The van der Waals surface area contributed by atoms with E-state index in [-0.39, 0.29) is 27.7 Å². The molecule has 1 N–H and O–H groups in total. The zero-order valence-electron chi connectivity index (χ0n) is 20.2. The zero-order valence-corrected chi connectivity index (χ0v) is 21.0. The van der Waals surface area contributed by atoms with Crippen LogP contribution in [0.3, 0.4) is 0 Å². The molecule has 2 aromatic heterocycles. The molecule has 0 saturated heterocycles. The van der Waals surface area contributed by atoms with Gasteiger partial charge in [0.2, 0.25) is 0 Å². The van der Waals surface area contributed by atoms with E-state index in [1.54, 1.807) is 13.8 Å². The Balaban J connectivity index is 1.77. The number of aryl methyl sites for hydroxylation is 2. The van der Waals surface area contributed by atoms with Crippen molar-refractivity contribution < 1.29 is 35.5 Å². The second-order valence-electron chi connectivity index (χ2n) is 8.91. The second kappa shape index (κ2) is 9.05. The molecule has 4 rings (SSSR count). The third-order valence-corrected chi connectivity index (χ3v) is 6.99. The van der Waals surface area contributed by atoms with E-state index in [2.05, 4.69) is 20.5 Å². The van der Waals surface area contributed by atoms with Gasteiger partial charge in [0.1, 0.15) is 5.56 Å². The summed E-state index contributed by atoms with van der Waals surface area (Å²) in [6.45, 7) is 4.20. The van der Waals surface area contributed by atoms with E-state index in [1.807, 2.05) is 0 Å². The van der Waals surface area contributed by atoms with Gasteiger partial charge >= 0.3 is 6.18 Å². The van der Waals surface area contributed by atoms with Gasteiger partial charge in [0.05, 0.1) is 16.3 Å². The summed E-state index contributed by atoms with van der Waals surface area (Å²) < 4.78 is 84.7. The highest BCUT2D eigenvalue weighted by molar-refractivity contribution is 7.90. The van der Waals surface area contributed by atoms with Gasteiger partial charge in [-0.15, -0.1) is 10.2 Å². The Hall–Kier alpha value is -3.61. The van der Waals surface area contributed by atoms with Crippen LogP contribution in [0.15, 0.2) is 35.2 Å². The number of carbonyl (C=O) groups excluding carboxylic acids is 1. The summed E-state index contributed by atoms with van der Waals surface area (Å²) in [6, 6.07) is 6.72. The number of hydrogen-bond donors (Lipinski definition) is 1. The number of ether oxygens (including phenoxy) is 1. The number of nitrogens with one attached hydrogen (secondary N) is 1. The predicted octanol–water partition coefficient (Wildman–Crippen LogP) is 5.22. The number of alkyl halides is 4. The van der Waals surface area contributed by atoms with Gasteiger partial charge in [0.25, 0.3) is 11.8 Å². The fourth-order valence-corrected chi connectivity index (χ4v) is 4.44. The SMILES string of the molecule is Cc1cc(C2(F)CC2)nc(C)c1Oc1nnc(C(F)(F)F)c(C)c1C(=O)Nc1cccc(S(C)(=O)=O)c1. The van der Waals surface area contributed by atoms with Gasteiger partial charge in [-0.1, -0.05) is 6.07 Å². The summed E-state index contributed by atoms with van der Waals surface area (Å²) in [5.74, 6) is -1.46. The Morgan fingerprint density at radius 2 is 1.78 bits per heavy atom. The van der Waals surface area contributed by atoms with Crippen molar-refractivity contribution in [3.8, 4) is 11.6 Å². The molecule has 2 heterocycles. The van der Waals surface area contributed by atoms with Crippen molar-refractivity contribution >= 4 is 21.4 Å². The largest absolute Gasteiger partial charge is 0.435 e. The first-order valence-corrected chi connectivity index (χ1v) is 12.9. The maximum absolute atomic E-state index is 14.5. The third kappa shape index (κ3) is 5.41. The van der Waals surface area contributed by atoms with Crippen LogP contribution in [0.25, 0.3) is 0 Å². The number of anilines is 1. The first-order chi connectivity index (χ1) is 17.1. The van der Waals surface area contributed by atoms with E-state index in [4.69, 9.17) is 4.74 Å². The average Bonchev–Trinajstić information content (AvgIpc) is 3.53. The van der Waals surface area contributed by atoms with Crippen LogP contribution < -0.4 is 10.1 Å². The van der Waals surface area contributed by atoms with Crippen LogP contribution >= 0.6 is 0 Å². The van der Waals surface area contributed by atoms with Crippen molar-refractivity contribution in [2.24, 2.45) is 0 Å². The van der Waals surface area contributed by atoms with Crippen LogP contribution in [0, 0.1) is 20.8 Å². The molecule has 0 spiro atoms. The lowest BCUT2D eigenvalue weighted by Gasteiger charge is -2.18. The lowest BCUT2D eigenvalue weighted by atomic mass is 10.1. The summed E-state index contributed by atoms with van der Waals surface area (Å²) in [5, 5.41) is 9.16. The molecule has 1 fully saturated rings. The van der Waals surface area contributed by atoms with Crippen LogP contribution in [-0.4, -0.2) is 35.8 Å². The molecule has 37 heavy (non-hydrogen) atoms. The van der Waals surface area contributed by atoms with Crippen molar-refractivity contribution in [3.05, 3.63) is 64.1 Å². The number of rotatable bonds is 6. The Kier molecular flexibility index (Phi) is 6.47. The second-order valence-corrected chi connectivity index (χ2v) is 10.9. The lowest BCUT2D eigenvalue weighted by Crippen LogP contribution is -2.21. The molecule has 0 atom stereocenters. The number of sulfone groups is 1. The fraction of sp³-hybridized carbons (Fsp3) is 0.333. The van der Waals surface area contributed by atoms with Crippen LogP contribution in [0.5, 0.6) is 11.6 Å². The molecular weight excluding hydrogens is 516 g/mol. The number of amides is 1. The Bertz CT molecular complexity index is 1500. The molecule has 0 aliphatic heterocycles. The highest BCUT2D eigenvalue weighted by Crippen LogP contribution is 2.49. The van der Waals surface area contributed by atoms with Gasteiger partial charge in [-0.25, -0.2) is 12.8 Å². The molecule has 1 aromatic carbocycles. The Labute approximate surface area is 210 Å². The summed E-state index contributed by atoms with van der Waals surface area (Å²) >= 11 is 0. The van der Waals surface area contributed by atoms with Crippen molar-refractivity contribution in [2.75, 3.05) is 11.6 Å². The van der Waals surface area contributed by atoms with E-state index in [0.717, 1.165) is 13.2 Å². The standard InChI is InChI=1S/C24H22F4N4O4S/c1-12-10-17(23(25)8-9-23)29-14(3)19(12)36-22-18(13(2)20(31-32-22)24(26,27)28)21(33)30-15-6-5-7-16(11-15)37(4,34)35/h5-7,10-11H,8-9H2,1-4H3,(H,30,33). The minimum absolute atomic E-state index is 0.0275. The number of aromatic nitrogens is 3. The first kappa shape index (κ1) is 26.5. The number of carbonyl (C=O) groups is 1. The molecular formula is C24H22F4N4O4S. The molecule has 0 bridgehead atoms. The highest BCUT2D eigenvalue weighted by Gasteiger charge is 2.47. The number of halogens is 4. The molecule has 3 aromatic rings. The van der Waals surface area contributed by atoms with Gasteiger partial charge in [0, 0.05) is 11.9 Å². The number of pyridine rings is 1. The zero-order chi connectivity index (χ0) is 27.3. The average molecular weight is 539 g/mol. The fourth-order valence-electron chi connectivity index (χ4n) is 3.77. The monoisotopic (exact) mass is 538 g/mol. The molecule has 1 amide bonds. The van der Waals surface area contributed by atoms with Gasteiger partial charge in [-0.2, -0.15) is 13.2 Å². The lowest BCUT2D eigenvalue weighted by molar-refractivity contribution is -0.142. The molecule has 8 nitrogen and oxygen atoms in total. The predicted molar refractivity (Wildman–Crippen MR) is 125 cm³/mol. The molecule has 1 aliphatic carbocycles. The van der Waals surface area contributed by atoms with Crippen molar-refractivity contribution in [1.29, 1.82) is 0 Å². The van der Waals surface area contributed by atoms with E-state index in [0.29, 0.717) is 18.4 Å². The molecule has 13 heteroatoms. The number of hydrogen-bond acceptors (Lipinski definition) is 7. The molecule has 0 unspecified atom stereocenters. The topological polar surface area (TPSA) is 111 Å². The van der Waals surface area contributed by atoms with Gasteiger partial charge in [-0.3, -0.25) is 9.78 Å². The van der Waals surface area contributed by atoms with E-state index >= 15 is 0 Å². The van der Waals surface area contributed by atoms with Crippen LogP contribution in [0.1, 0.15) is 51.4 Å². The number of benzene rings is 1. The van der Waals surface area contributed by atoms with E-state index < -0.39 is 50.3 Å². The van der Waals surface area contributed by atoms with Crippen LogP contribution in [-0.2, 0) is 21.7 Å². The van der Waals surface area contributed by atoms with Crippen molar-refractivity contribution in [1.82, 2.24) is 15.2 Å². The Morgan fingerprint density at radius 3 is 2.35 bits per heavy atom. The summed E-state index contributed by atoms with van der Waals surface area (Å²) in [4.78, 5) is 17.3. The molecule has 1 saturated carbocycles. The van der Waals surface area contributed by atoms with Gasteiger partial charge < -0.3 is 10.1 Å². The first-order valence-electron chi connectivity index (χ1n) is 11.0. The quantitative estimate of drug-likeness (QED) is 0.428. The Morgan fingerprint density at radius 1 is 1.11 bits per heavy atom. The molecule has 196 valence electrons. The maximum Gasteiger partial charge on any atom is 0.435 e. The minimum atomic E-state index is -4.91. The minimum Gasteiger partial charge on any atom is -0.435 e. The smallest absolute Gasteiger partial charge is 0.435 e. The van der Waals surface area contributed by atoms with Gasteiger partial charge in [0.15, 0.2) is 26.9 Å². The third-order valence-electron chi connectivity index (χ3n) is 5.88. The molecule has 1 aliphatic rings. The highest BCUT2D eigenvalue weighted by atomic mass is 32.2. The normalized spacial score (nSPS) is 14.8. The van der Waals surface area contributed by atoms with E-state index in [9.17, 15) is 30.8 Å². The van der Waals surface area contributed by atoms with Gasteiger partial charge in [-0.05, 0) is 69.0 Å². The maximum atomic E-state index is 14.5. The summed E-state index contributed by atoms with van der Waals surface area (Å²) in [6.07, 6.45) is -3.25.